The summed E-state index contributed by atoms with van der Waals surface area (Å²) in [5.41, 5.74) is 2.05. The fraction of sp³-hybridized carbons (Fsp3) is 0.444. The van der Waals surface area contributed by atoms with Gasteiger partial charge >= 0.3 is 0 Å². The number of amides is 1. The largest absolute Gasteiger partial charge is 0.454 e. The molecule has 0 radical (unpaired) electrons. The van der Waals surface area contributed by atoms with Gasteiger partial charge in [0.25, 0.3) is 5.91 Å². The van der Waals surface area contributed by atoms with Crippen molar-refractivity contribution in [1.29, 1.82) is 0 Å². The number of piperazine rings is 1. The van der Waals surface area contributed by atoms with Crippen LogP contribution in [0.4, 0.5) is 0 Å². The molecular weight excluding hydrogens is 334 g/mol. The number of hydrogen-bond acceptors (Lipinski definition) is 6. The summed E-state index contributed by atoms with van der Waals surface area (Å²) in [5.74, 6) is 1.27. The third-order valence-corrected chi connectivity index (χ3v) is 4.85. The van der Waals surface area contributed by atoms with Crippen molar-refractivity contribution in [3.05, 3.63) is 30.0 Å². The molecule has 2 aliphatic rings. The molecule has 1 amide bonds. The van der Waals surface area contributed by atoms with E-state index in [0.717, 1.165) is 38.3 Å². The number of hydrogen-bond donors (Lipinski definition) is 2. The van der Waals surface area contributed by atoms with Gasteiger partial charge in [0.1, 0.15) is 0 Å². The maximum Gasteiger partial charge on any atom is 0.255 e. The third kappa shape index (κ3) is 3.51. The number of nitrogens with zero attached hydrogens (tertiary/aromatic N) is 3. The molecule has 8 nitrogen and oxygen atoms in total. The lowest BCUT2D eigenvalue weighted by atomic mass is 10.1. The summed E-state index contributed by atoms with van der Waals surface area (Å²) in [6.07, 6.45) is 1.56. The Morgan fingerprint density at radius 1 is 1.23 bits per heavy atom. The number of rotatable bonds is 5. The van der Waals surface area contributed by atoms with Crippen molar-refractivity contribution in [2.24, 2.45) is 0 Å². The van der Waals surface area contributed by atoms with Crippen LogP contribution in [0.1, 0.15) is 10.4 Å². The first-order valence-corrected chi connectivity index (χ1v) is 8.83. The molecule has 2 N–H and O–H groups in total. The normalized spacial score (nSPS) is 17.4. The van der Waals surface area contributed by atoms with Gasteiger partial charge in [-0.05, 0) is 25.2 Å². The number of aromatic amines is 1. The molecule has 26 heavy (non-hydrogen) atoms. The first-order valence-electron chi connectivity index (χ1n) is 8.83. The van der Waals surface area contributed by atoms with E-state index in [4.69, 9.17) is 9.47 Å². The molecule has 4 rings (SSSR count). The van der Waals surface area contributed by atoms with E-state index in [9.17, 15) is 4.79 Å². The molecule has 1 aromatic carbocycles. The highest BCUT2D eigenvalue weighted by atomic mass is 16.7. The number of carbonyl (C=O) groups excluding carboxylic acids is 1. The van der Waals surface area contributed by atoms with E-state index in [1.54, 1.807) is 6.20 Å². The van der Waals surface area contributed by atoms with Crippen LogP contribution in [0.2, 0.25) is 0 Å². The van der Waals surface area contributed by atoms with Gasteiger partial charge in [0.05, 0.1) is 17.5 Å². The number of fused-ring (bicyclic) bond motifs is 1. The lowest BCUT2D eigenvalue weighted by molar-refractivity contribution is 0.0941. The zero-order chi connectivity index (χ0) is 17.9. The molecule has 0 saturated carbocycles. The smallest absolute Gasteiger partial charge is 0.255 e. The Kier molecular flexibility index (Phi) is 4.77. The molecule has 3 heterocycles. The van der Waals surface area contributed by atoms with E-state index in [1.807, 2.05) is 18.2 Å². The molecule has 1 saturated heterocycles. The van der Waals surface area contributed by atoms with Crippen molar-refractivity contribution in [2.75, 3.05) is 53.1 Å². The monoisotopic (exact) mass is 357 g/mol. The van der Waals surface area contributed by atoms with Gasteiger partial charge in [-0.1, -0.05) is 0 Å². The van der Waals surface area contributed by atoms with Crippen molar-refractivity contribution in [3.8, 4) is 22.8 Å². The average Bonchev–Trinajstić information content (AvgIpc) is 3.31. The molecule has 2 aromatic rings. The van der Waals surface area contributed by atoms with Crippen LogP contribution in [0.25, 0.3) is 11.3 Å². The maximum atomic E-state index is 12.6. The predicted octanol–water partition coefficient (Wildman–Crippen LogP) is 0.783. The van der Waals surface area contributed by atoms with Crippen LogP contribution in [-0.4, -0.2) is 79.0 Å². The number of aromatic nitrogens is 2. The molecule has 2 aliphatic heterocycles. The minimum absolute atomic E-state index is 0.124. The van der Waals surface area contributed by atoms with Gasteiger partial charge in [0, 0.05) is 44.8 Å². The van der Waals surface area contributed by atoms with Crippen molar-refractivity contribution in [3.63, 3.8) is 0 Å². The molecule has 0 bridgehead atoms. The number of H-pyrrole nitrogens is 1. The Bertz CT molecular complexity index is 783. The molecule has 0 atom stereocenters. The zero-order valence-electron chi connectivity index (χ0n) is 14.8. The van der Waals surface area contributed by atoms with E-state index < -0.39 is 0 Å². The number of carbonyl (C=O) groups is 1. The summed E-state index contributed by atoms with van der Waals surface area (Å²) in [6.45, 7) is 5.93. The average molecular weight is 357 g/mol. The Morgan fingerprint density at radius 2 is 2.04 bits per heavy atom. The Labute approximate surface area is 152 Å². The van der Waals surface area contributed by atoms with Crippen LogP contribution in [0, 0.1) is 0 Å². The van der Waals surface area contributed by atoms with Gasteiger partial charge in [-0.2, -0.15) is 5.10 Å². The highest BCUT2D eigenvalue weighted by Crippen LogP contribution is 2.36. The van der Waals surface area contributed by atoms with Crippen molar-refractivity contribution in [2.45, 2.75) is 0 Å². The van der Waals surface area contributed by atoms with E-state index in [1.165, 1.54) is 0 Å². The van der Waals surface area contributed by atoms with Crippen LogP contribution in [0.3, 0.4) is 0 Å². The second-order valence-corrected chi connectivity index (χ2v) is 6.63. The van der Waals surface area contributed by atoms with Crippen LogP contribution < -0.4 is 14.8 Å². The molecule has 1 aromatic heterocycles. The lowest BCUT2D eigenvalue weighted by Crippen LogP contribution is -2.46. The third-order valence-electron chi connectivity index (χ3n) is 4.85. The summed E-state index contributed by atoms with van der Waals surface area (Å²) in [6, 6.07) is 5.59. The van der Waals surface area contributed by atoms with Crippen molar-refractivity contribution >= 4 is 5.91 Å². The van der Waals surface area contributed by atoms with Crippen molar-refractivity contribution in [1.82, 2.24) is 25.3 Å². The lowest BCUT2D eigenvalue weighted by Gasteiger charge is -2.32. The molecule has 0 aliphatic carbocycles. The van der Waals surface area contributed by atoms with Crippen molar-refractivity contribution < 1.29 is 14.3 Å². The Balaban J connectivity index is 1.38. The van der Waals surface area contributed by atoms with Gasteiger partial charge in [0.15, 0.2) is 11.5 Å². The highest BCUT2D eigenvalue weighted by Gasteiger charge is 2.19. The minimum Gasteiger partial charge on any atom is -0.454 e. The molecular formula is C18H23N5O3. The number of benzene rings is 1. The number of nitrogens with one attached hydrogen (secondary N) is 2. The number of ether oxygens (including phenoxy) is 2. The maximum absolute atomic E-state index is 12.6. The Hall–Kier alpha value is -2.58. The van der Waals surface area contributed by atoms with Gasteiger partial charge in [0.2, 0.25) is 6.79 Å². The first kappa shape index (κ1) is 16.9. The zero-order valence-corrected chi connectivity index (χ0v) is 14.8. The van der Waals surface area contributed by atoms with E-state index >= 15 is 0 Å². The minimum atomic E-state index is -0.124. The van der Waals surface area contributed by atoms with Crippen LogP contribution in [-0.2, 0) is 0 Å². The van der Waals surface area contributed by atoms with Gasteiger partial charge in [-0.25, -0.2) is 0 Å². The highest BCUT2D eigenvalue weighted by molar-refractivity contribution is 5.99. The Morgan fingerprint density at radius 3 is 2.88 bits per heavy atom. The van der Waals surface area contributed by atoms with E-state index in [0.29, 0.717) is 29.3 Å². The molecule has 0 spiro atoms. The molecule has 138 valence electrons. The van der Waals surface area contributed by atoms with Gasteiger partial charge in [-0.3, -0.25) is 14.8 Å². The number of likely N-dealkylation sites (N-methyl/N-ethyl adjacent to an activating group) is 1. The van der Waals surface area contributed by atoms with Crippen LogP contribution in [0.15, 0.2) is 24.4 Å². The molecule has 0 unspecified atom stereocenters. The summed E-state index contributed by atoms with van der Waals surface area (Å²) in [7, 11) is 2.13. The van der Waals surface area contributed by atoms with E-state index in [-0.39, 0.29) is 12.7 Å². The van der Waals surface area contributed by atoms with Gasteiger partial charge in [-0.15, -0.1) is 0 Å². The fourth-order valence-corrected chi connectivity index (χ4v) is 3.22. The molecule has 8 heteroatoms. The second kappa shape index (κ2) is 7.35. The summed E-state index contributed by atoms with van der Waals surface area (Å²) in [4.78, 5) is 17.3. The summed E-state index contributed by atoms with van der Waals surface area (Å²) in [5, 5.41) is 9.96. The summed E-state index contributed by atoms with van der Waals surface area (Å²) >= 11 is 0. The van der Waals surface area contributed by atoms with E-state index in [2.05, 4.69) is 32.4 Å². The van der Waals surface area contributed by atoms with Crippen LogP contribution >= 0.6 is 0 Å². The summed E-state index contributed by atoms with van der Waals surface area (Å²) < 4.78 is 10.7. The molecule has 1 fully saturated rings. The fourth-order valence-electron chi connectivity index (χ4n) is 3.22. The first-order chi connectivity index (χ1) is 12.7. The van der Waals surface area contributed by atoms with Gasteiger partial charge < -0.3 is 19.7 Å². The van der Waals surface area contributed by atoms with Crippen LogP contribution in [0.5, 0.6) is 11.5 Å². The quantitative estimate of drug-likeness (QED) is 0.823. The SMILES string of the molecule is CN1CCN(CCNC(=O)c2cn[nH]c2-c2ccc3c(c2)OCO3)CC1. The second-order valence-electron chi connectivity index (χ2n) is 6.63. The standard InChI is InChI=1S/C18H23N5O3/c1-22-6-8-23(9-7-22)5-4-19-18(24)14-11-20-21-17(14)13-2-3-15-16(10-13)26-12-25-15/h2-3,10-11H,4-9,12H2,1H3,(H,19,24)(H,20,21). The predicted molar refractivity (Wildman–Crippen MR) is 96.4 cm³/mol. The topological polar surface area (TPSA) is 82.7 Å².